The van der Waals surface area contributed by atoms with E-state index in [2.05, 4.69) is 10.6 Å². The molecule has 1 unspecified atom stereocenters. The monoisotopic (exact) mass is 448 g/mol. The van der Waals surface area contributed by atoms with Crippen LogP contribution in [0.2, 0.25) is 0 Å². The van der Waals surface area contributed by atoms with Gasteiger partial charge in [-0.05, 0) is 0 Å². The van der Waals surface area contributed by atoms with Gasteiger partial charge in [-0.15, -0.1) is 0 Å². The summed E-state index contributed by atoms with van der Waals surface area (Å²) in [6.07, 6.45) is -1.37. The Morgan fingerprint density at radius 2 is 1.67 bits per heavy atom. The van der Waals surface area contributed by atoms with Crippen molar-refractivity contribution in [3.05, 3.63) is 0 Å². The fourth-order valence-electron chi connectivity index (χ4n) is 2.46. The molecular weight excluding hydrogens is 420 g/mol. The second kappa shape index (κ2) is 11.3. The summed E-state index contributed by atoms with van der Waals surface area (Å²) in [6.45, 7) is 4.90. The Morgan fingerprint density at radius 1 is 1.00 bits per heavy atom. The Balaban J connectivity index is 2.32. The van der Waals surface area contributed by atoms with E-state index in [0.717, 1.165) is 11.8 Å². The predicted octanol–water partition coefficient (Wildman–Crippen LogP) is -0.0241. The largest absolute Gasteiger partial charge is 0.481 e. The minimum Gasteiger partial charge on any atom is -0.481 e. The van der Waals surface area contributed by atoms with Crippen molar-refractivity contribution in [3.63, 3.8) is 0 Å². The van der Waals surface area contributed by atoms with Gasteiger partial charge < -0.3 is 30.3 Å². The van der Waals surface area contributed by atoms with Gasteiger partial charge in [0.25, 0.3) is 5.79 Å². The first-order chi connectivity index (χ1) is 13.9. The molecule has 0 aromatic rings. The number of carbonyl (C=O) groups is 5. The third kappa shape index (κ3) is 8.28. The summed E-state index contributed by atoms with van der Waals surface area (Å²) < 4.78 is 10.6. The molecule has 0 saturated carbocycles. The van der Waals surface area contributed by atoms with Gasteiger partial charge in [0, 0.05) is 44.0 Å². The Hall–Kier alpha value is -2.18. The van der Waals surface area contributed by atoms with Crippen molar-refractivity contribution in [3.8, 4) is 0 Å². The Morgan fingerprint density at radius 3 is 2.27 bits per heavy atom. The van der Waals surface area contributed by atoms with E-state index in [4.69, 9.17) is 14.6 Å². The molecule has 1 saturated heterocycles. The lowest BCUT2D eigenvalue weighted by Crippen LogP contribution is -2.60. The maximum atomic E-state index is 12.5. The number of carboxylic acids is 2. The average molecular weight is 448 g/mol. The lowest BCUT2D eigenvalue weighted by Gasteiger charge is -2.44. The number of aliphatic carboxylic acids is 2. The third-order valence-corrected chi connectivity index (χ3v) is 5.21. The molecular formula is C18H28N2O9S. The standard InChI is InChI=1S/C18H28N2O9S/c1-17(2)10-28-18(3,16(26)27)29-14(17)15(25)20-7-6-11(21)19-8-9-30-13(24)5-4-12(22)23/h14H,4-10H2,1-3H3,(H,19,21)(H,20,25)(H,22,23)(H,26,27)/t14-,18?/m0/s1. The topological polar surface area (TPSA) is 168 Å². The molecule has 0 aromatic carbocycles. The molecule has 0 bridgehead atoms. The number of carboxylic acid groups (broad SMARTS) is 2. The number of hydrogen-bond acceptors (Lipinski definition) is 8. The molecule has 170 valence electrons. The zero-order chi connectivity index (χ0) is 22.9. The molecule has 0 radical (unpaired) electrons. The van der Waals surface area contributed by atoms with Crippen LogP contribution in [0.3, 0.4) is 0 Å². The van der Waals surface area contributed by atoms with Crippen LogP contribution in [0.5, 0.6) is 0 Å². The SMILES string of the molecule is CC1(C(=O)O)OCC(C)(C)[C@H](C(=O)NCCC(=O)NCCSC(=O)CCC(=O)O)O1. The second-order valence-electron chi connectivity index (χ2n) is 7.53. The number of rotatable bonds is 11. The molecule has 1 fully saturated rings. The molecule has 1 heterocycles. The van der Waals surface area contributed by atoms with Crippen molar-refractivity contribution < 1.29 is 43.7 Å². The van der Waals surface area contributed by atoms with Gasteiger partial charge in [-0.2, -0.15) is 0 Å². The van der Waals surface area contributed by atoms with Gasteiger partial charge in [-0.1, -0.05) is 25.6 Å². The van der Waals surface area contributed by atoms with Crippen LogP contribution in [0.1, 0.15) is 40.0 Å². The van der Waals surface area contributed by atoms with E-state index in [1.807, 2.05) is 0 Å². The quantitative estimate of drug-likeness (QED) is 0.315. The minimum absolute atomic E-state index is 0.0107. The average Bonchev–Trinajstić information content (AvgIpc) is 2.65. The summed E-state index contributed by atoms with van der Waals surface area (Å²) >= 11 is 0.947. The van der Waals surface area contributed by atoms with Gasteiger partial charge in [0.15, 0.2) is 5.12 Å². The molecule has 1 rings (SSSR count). The molecule has 2 amide bonds. The molecule has 0 spiro atoms. The van der Waals surface area contributed by atoms with Gasteiger partial charge in [0.05, 0.1) is 13.0 Å². The normalized spacial score (nSPS) is 22.7. The van der Waals surface area contributed by atoms with Gasteiger partial charge in [0.2, 0.25) is 11.8 Å². The van der Waals surface area contributed by atoms with Crippen molar-refractivity contribution in [1.82, 2.24) is 10.6 Å². The first kappa shape index (κ1) is 25.9. The lowest BCUT2D eigenvalue weighted by molar-refractivity contribution is -0.304. The lowest BCUT2D eigenvalue weighted by atomic mass is 9.85. The first-order valence-electron chi connectivity index (χ1n) is 9.34. The summed E-state index contributed by atoms with van der Waals surface area (Å²) in [6, 6.07) is 0. The molecule has 0 aromatic heterocycles. The number of hydrogen-bond donors (Lipinski definition) is 4. The highest BCUT2D eigenvalue weighted by Crippen LogP contribution is 2.35. The van der Waals surface area contributed by atoms with Crippen LogP contribution in [0, 0.1) is 5.41 Å². The van der Waals surface area contributed by atoms with Crippen molar-refractivity contribution in [2.75, 3.05) is 25.4 Å². The van der Waals surface area contributed by atoms with Crippen molar-refractivity contribution in [2.24, 2.45) is 5.41 Å². The number of carbonyl (C=O) groups excluding carboxylic acids is 3. The number of thioether (sulfide) groups is 1. The number of amides is 2. The van der Waals surface area contributed by atoms with E-state index in [1.165, 1.54) is 6.92 Å². The van der Waals surface area contributed by atoms with Crippen LogP contribution in [-0.2, 0) is 33.4 Å². The molecule has 11 nitrogen and oxygen atoms in total. The molecule has 1 aliphatic rings. The Kier molecular flexibility index (Phi) is 9.72. The smallest absolute Gasteiger partial charge is 0.364 e. The molecule has 0 aliphatic carbocycles. The molecule has 4 N–H and O–H groups in total. The van der Waals surface area contributed by atoms with Crippen molar-refractivity contribution in [2.45, 2.75) is 51.9 Å². The van der Waals surface area contributed by atoms with Crippen LogP contribution < -0.4 is 10.6 Å². The van der Waals surface area contributed by atoms with E-state index < -0.39 is 35.2 Å². The summed E-state index contributed by atoms with van der Waals surface area (Å²) in [7, 11) is 0. The van der Waals surface area contributed by atoms with Crippen LogP contribution in [0.25, 0.3) is 0 Å². The maximum absolute atomic E-state index is 12.5. The zero-order valence-corrected chi connectivity index (χ0v) is 18.0. The van der Waals surface area contributed by atoms with Crippen LogP contribution >= 0.6 is 11.8 Å². The Labute approximate surface area is 178 Å². The zero-order valence-electron chi connectivity index (χ0n) is 17.2. The van der Waals surface area contributed by atoms with Crippen LogP contribution in [0.15, 0.2) is 0 Å². The third-order valence-electron chi connectivity index (χ3n) is 4.28. The van der Waals surface area contributed by atoms with E-state index in [0.29, 0.717) is 5.75 Å². The van der Waals surface area contributed by atoms with Crippen LogP contribution in [-0.4, -0.2) is 76.4 Å². The summed E-state index contributed by atoms with van der Waals surface area (Å²) in [5.74, 6) is -4.86. The predicted molar refractivity (Wildman–Crippen MR) is 106 cm³/mol. The molecule has 1 aliphatic heterocycles. The summed E-state index contributed by atoms with van der Waals surface area (Å²) in [4.78, 5) is 57.4. The van der Waals surface area contributed by atoms with Gasteiger partial charge >= 0.3 is 11.9 Å². The van der Waals surface area contributed by atoms with Gasteiger partial charge in [0.1, 0.15) is 6.10 Å². The van der Waals surface area contributed by atoms with Gasteiger partial charge in [-0.3, -0.25) is 19.2 Å². The highest BCUT2D eigenvalue weighted by molar-refractivity contribution is 8.13. The number of nitrogens with one attached hydrogen (secondary N) is 2. The first-order valence-corrected chi connectivity index (χ1v) is 10.3. The van der Waals surface area contributed by atoms with E-state index in [1.54, 1.807) is 13.8 Å². The fourth-order valence-corrected chi connectivity index (χ4v) is 3.13. The van der Waals surface area contributed by atoms with E-state index >= 15 is 0 Å². The van der Waals surface area contributed by atoms with Gasteiger partial charge in [-0.25, -0.2) is 4.79 Å². The summed E-state index contributed by atoms with van der Waals surface area (Å²) in [5, 5.41) is 22.6. The van der Waals surface area contributed by atoms with E-state index in [9.17, 15) is 29.1 Å². The van der Waals surface area contributed by atoms with Crippen molar-refractivity contribution in [1.29, 1.82) is 0 Å². The molecule has 30 heavy (non-hydrogen) atoms. The Bertz CT molecular complexity index is 683. The highest BCUT2D eigenvalue weighted by atomic mass is 32.2. The highest BCUT2D eigenvalue weighted by Gasteiger charge is 2.51. The number of ether oxygens (including phenoxy) is 2. The van der Waals surface area contributed by atoms with Crippen molar-refractivity contribution >= 4 is 40.6 Å². The summed E-state index contributed by atoms with van der Waals surface area (Å²) in [5.41, 5.74) is -0.758. The minimum atomic E-state index is -1.92. The maximum Gasteiger partial charge on any atom is 0.364 e. The fraction of sp³-hybridized carbons (Fsp3) is 0.722. The second-order valence-corrected chi connectivity index (χ2v) is 8.68. The van der Waals surface area contributed by atoms with E-state index in [-0.39, 0.29) is 50.0 Å². The molecule has 12 heteroatoms. The van der Waals surface area contributed by atoms with Crippen LogP contribution in [0.4, 0.5) is 0 Å². The molecule has 2 atom stereocenters.